The first-order chi connectivity index (χ1) is 9.06. The maximum absolute atomic E-state index is 11.5. The highest BCUT2D eigenvalue weighted by molar-refractivity contribution is 5.91. The number of amides is 1. The number of carbonyl (C=O) groups excluding carboxylic acids is 1. The van der Waals surface area contributed by atoms with Gasteiger partial charge in [0.25, 0.3) is 0 Å². The summed E-state index contributed by atoms with van der Waals surface area (Å²) in [6.45, 7) is 3.88. The SMILES string of the molecule is CCCC(=O)Nc1ccc(C)c(NCC(O)CO)c1. The molecule has 1 aromatic carbocycles. The molecule has 5 heteroatoms. The van der Waals surface area contributed by atoms with Gasteiger partial charge in [-0.3, -0.25) is 4.79 Å². The van der Waals surface area contributed by atoms with Crippen LogP contribution in [0.2, 0.25) is 0 Å². The van der Waals surface area contributed by atoms with E-state index in [1.165, 1.54) is 0 Å². The lowest BCUT2D eigenvalue weighted by molar-refractivity contribution is -0.116. The zero-order valence-corrected chi connectivity index (χ0v) is 11.4. The predicted octanol–water partition coefficient (Wildman–Crippen LogP) is 1.50. The summed E-state index contributed by atoms with van der Waals surface area (Å²) in [7, 11) is 0. The summed E-state index contributed by atoms with van der Waals surface area (Å²) in [4.78, 5) is 11.5. The van der Waals surface area contributed by atoms with Crippen LogP contribution >= 0.6 is 0 Å². The Morgan fingerprint density at radius 2 is 2.16 bits per heavy atom. The predicted molar refractivity (Wildman–Crippen MR) is 76.3 cm³/mol. The smallest absolute Gasteiger partial charge is 0.224 e. The Bertz CT molecular complexity index is 421. The van der Waals surface area contributed by atoms with E-state index in [9.17, 15) is 9.90 Å². The van der Waals surface area contributed by atoms with Crippen molar-refractivity contribution in [3.05, 3.63) is 23.8 Å². The Morgan fingerprint density at radius 1 is 1.42 bits per heavy atom. The minimum atomic E-state index is -0.794. The lowest BCUT2D eigenvalue weighted by atomic mass is 10.1. The third-order valence-electron chi connectivity index (χ3n) is 2.74. The lowest BCUT2D eigenvalue weighted by Crippen LogP contribution is -2.23. The van der Waals surface area contributed by atoms with Crippen LogP contribution in [-0.2, 0) is 4.79 Å². The normalized spacial score (nSPS) is 12.0. The summed E-state index contributed by atoms with van der Waals surface area (Å²) >= 11 is 0. The van der Waals surface area contributed by atoms with Gasteiger partial charge in [-0.15, -0.1) is 0 Å². The summed E-state index contributed by atoms with van der Waals surface area (Å²) in [5, 5.41) is 23.9. The second-order valence-electron chi connectivity index (χ2n) is 4.55. The highest BCUT2D eigenvalue weighted by Gasteiger charge is 2.06. The molecule has 0 aliphatic carbocycles. The Morgan fingerprint density at radius 3 is 2.79 bits per heavy atom. The second-order valence-corrected chi connectivity index (χ2v) is 4.55. The first-order valence-corrected chi connectivity index (χ1v) is 6.50. The largest absolute Gasteiger partial charge is 0.394 e. The Kier molecular flexibility index (Phi) is 6.32. The van der Waals surface area contributed by atoms with Crippen LogP contribution in [0.4, 0.5) is 11.4 Å². The molecule has 0 aromatic heterocycles. The fourth-order valence-corrected chi connectivity index (χ4v) is 1.63. The second kappa shape index (κ2) is 7.76. The van der Waals surface area contributed by atoms with E-state index < -0.39 is 6.10 Å². The zero-order chi connectivity index (χ0) is 14.3. The average molecular weight is 266 g/mol. The molecule has 0 aliphatic rings. The zero-order valence-electron chi connectivity index (χ0n) is 11.4. The fourth-order valence-electron chi connectivity index (χ4n) is 1.63. The van der Waals surface area contributed by atoms with E-state index in [1.54, 1.807) is 0 Å². The van der Waals surface area contributed by atoms with Crippen molar-refractivity contribution in [1.29, 1.82) is 0 Å². The Labute approximate surface area is 113 Å². The van der Waals surface area contributed by atoms with Gasteiger partial charge in [-0.1, -0.05) is 13.0 Å². The van der Waals surface area contributed by atoms with Crippen LogP contribution in [0.1, 0.15) is 25.3 Å². The highest BCUT2D eigenvalue weighted by atomic mass is 16.3. The molecule has 1 amide bonds. The number of rotatable bonds is 7. The molecular formula is C14H22N2O3. The van der Waals surface area contributed by atoms with Gasteiger partial charge in [0.05, 0.1) is 12.7 Å². The molecule has 0 heterocycles. The van der Waals surface area contributed by atoms with E-state index in [0.717, 1.165) is 23.4 Å². The molecule has 19 heavy (non-hydrogen) atoms. The van der Waals surface area contributed by atoms with E-state index in [1.807, 2.05) is 32.0 Å². The molecule has 0 radical (unpaired) electrons. The number of aryl methyl sites for hydroxylation is 1. The molecule has 0 saturated carbocycles. The molecule has 1 unspecified atom stereocenters. The van der Waals surface area contributed by atoms with Crippen molar-refractivity contribution in [3.63, 3.8) is 0 Å². The van der Waals surface area contributed by atoms with Gasteiger partial charge >= 0.3 is 0 Å². The Hall–Kier alpha value is -1.59. The van der Waals surface area contributed by atoms with Crippen molar-refractivity contribution in [2.45, 2.75) is 32.8 Å². The van der Waals surface area contributed by atoms with Gasteiger partial charge in [0.1, 0.15) is 0 Å². The van der Waals surface area contributed by atoms with Gasteiger partial charge in [-0.25, -0.2) is 0 Å². The topological polar surface area (TPSA) is 81.6 Å². The molecule has 1 atom stereocenters. The summed E-state index contributed by atoms with van der Waals surface area (Å²) < 4.78 is 0. The number of hydrogen-bond donors (Lipinski definition) is 4. The average Bonchev–Trinajstić information content (AvgIpc) is 2.39. The van der Waals surface area contributed by atoms with Crippen LogP contribution in [0.3, 0.4) is 0 Å². The van der Waals surface area contributed by atoms with Crippen LogP contribution in [0, 0.1) is 6.92 Å². The maximum atomic E-state index is 11.5. The van der Waals surface area contributed by atoms with Crippen LogP contribution in [-0.4, -0.2) is 35.4 Å². The van der Waals surface area contributed by atoms with Crippen molar-refractivity contribution in [2.24, 2.45) is 0 Å². The minimum Gasteiger partial charge on any atom is -0.394 e. The number of hydrogen-bond acceptors (Lipinski definition) is 4. The summed E-state index contributed by atoms with van der Waals surface area (Å²) in [6, 6.07) is 5.57. The lowest BCUT2D eigenvalue weighted by Gasteiger charge is -2.14. The first-order valence-electron chi connectivity index (χ1n) is 6.50. The molecule has 0 saturated heterocycles. The van der Waals surface area contributed by atoms with Crippen LogP contribution in [0.5, 0.6) is 0 Å². The van der Waals surface area contributed by atoms with Crippen molar-refractivity contribution in [2.75, 3.05) is 23.8 Å². The van der Waals surface area contributed by atoms with Gasteiger partial charge < -0.3 is 20.8 Å². The quantitative estimate of drug-likeness (QED) is 0.603. The van der Waals surface area contributed by atoms with E-state index >= 15 is 0 Å². The third-order valence-corrected chi connectivity index (χ3v) is 2.74. The van der Waals surface area contributed by atoms with Gasteiger partial charge in [0, 0.05) is 24.3 Å². The van der Waals surface area contributed by atoms with Crippen molar-refractivity contribution in [3.8, 4) is 0 Å². The highest BCUT2D eigenvalue weighted by Crippen LogP contribution is 2.20. The van der Waals surface area contributed by atoms with Crippen LogP contribution in [0.15, 0.2) is 18.2 Å². The van der Waals surface area contributed by atoms with Gasteiger partial charge in [-0.05, 0) is 31.0 Å². The first kappa shape index (κ1) is 15.5. The van der Waals surface area contributed by atoms with E-state index in [-0.39, 0.29) is 19.1 Å². The summed E-state index contributed by atoms with van der Waals surface area (Å²) in [5.74, 6) is -0.00676. The fraction of sp³-hybridized carbons (Fsp3) is 0.500. The standard InChI is InChI=1S/C14H22N2O3/c1-3-4-14(19)16-11-6-5-10(2)13(7-11)15-8-12(18)9-17/h5-7,12,15,17-18H,3-4,8-9H2,1-2H3,(H,16,19). The summed E-state index contributed by atoms with van der Waals surface area (Å²) in [6.07, 6.45) is 0.517. The van der Waals surface area contributed by atoms with Gasteiger partial charge in [0.2, 0.25) is 5.91 Å². The minimum absolute atomic E-state index is 0.00676. The van der Waals surface area contributed by atoms with Crippen molar-refractivity contribution >= 4 is 17.3 Å². The maximum Gasteiger partial charge on any atom is 0.224 e. The van der Waals surface area contributed by atoms with Crippen LogP contribution in [0.25, 0.3) is 0 Å². The van der Waals surface area contributed by atoms with E-state index in [4.69, 9.17) is 5.11 Å². The molecule has 1 aromatic rings. The number of nitrogens with one attached hydrogen (secondary N) is 2. The molecule has 1 rings (SSSR count). The summed E-state index contributed by atoms with van der Waals surface area (Å²) in [5.41, 5.74) is 2.57. The molecule has 106 valence electrons. The third kappa shape index (κ3) is 5.28. The number of benzene rings is 1. The molecule has 0 spiro atoms. The number of carbonyl (C=O) groups is 1. The van der Waals surface area contributed by atoms with Crippen molar-refractivity contribution in [1.82, 2.24) is 0 Å². The van der Waals surface area contributed by atoms with Crippen LogP contribution < -0.4 is 10.6 Å². The molecule has 0 aliphatic heterocycles. The van der Waals surface area contributed by atoms with E-state index in [2.05, 4.69) is 10.6 Å². The number of anilines is 2. The van der Waals surface area contributed by atoms with E-state index in [0.29, 0.717) is 6.42 Å². The monoisotopic (exact) mass is 266 g/mol. The van der Waals surface area contributed by atoms with Gasteiger partial charge in [-0.2, -0.15) is 0 Å². The van der Waals surface area contributed by atoms with Crippen molar-refractivity contribution < 1.29 is 15.0 Å². The molecular weight excluding hydrogens is 244 g/mol. The number of aliphatic hydroxyl groups is 2. The molecule has 5 nitrogen and oxygen atoms in total. The number of aliphatic hydroxyl groups excluding tert-OH is 2. The molecule has 0 fully saturated rings. The Balaban J connectivity index is 2.68. The molecule has 0 bridgehead atoms. The molecule has 4 N–H and O–H groups in total. The van der Waals surface area contributed by atoms with Gasteiger partial charge in [0.15, 0.2) is 0 Å².